The van der Waals surface area contributed by atoms with Crippen LogP contribution in [0.3, 0.4) is 0 Å². The molecule has 0 aliphatic rings. The van der Waals surface area contributed by atoms with Crippen LogP contribution in [0, 0.1) is 0 Å². The van der Waals surface area contributed by atoms with Crippen molar-refractivity contribution >= 4 is 17.3 Å². The van der Waals surface area contributed by atoms with E-state index < -0.39 is 5.97 Å². The number of hydrogen-bond acceptors (Lipinski definition) is 5. The summed E-state index contributed by atoms with van der Waals surface area (Å²) < 4.78 is 5.04. The fourth-order valence-electron chi connectivity index (χ4n) is 1.43. The molecule has 0 amide bonds. The van der Waals surface area contributed by atoms with Gasteiger partial charge in [-0.2, -0.15) is 0 Å². The smallest absolute Gasteiger partial charge is 0.335 e. The number of hydrogen-bond donors (Lipinski definition) is 1. The van der Waals surface area contributed by atoms with Gasteiger partial charge in [0.1, 0.15) is 17.1 Å². The molecule has 5 heteroatoms. The van der Waals surface area contributed by atoms with E-state index in [1.165, 1.54) is 6.07 Å². The SMILES string of the molecule is C=CC(=O)Oc1ccccc1N=Nc1ccccc1O. The first-order chi connectivity index (χ1) is 9.70. The number of phenolic OH excluding ortho intramolecular Hbond substituents is 1. The lowest BCUT2D eigenvalue weighted by atomic mass is 10.3. The largest absolute Gasteiger partial charge is 0.506 e. The molecular weight excluding hydrogens is 256 g/mol. The molecule has 1 N–H and O–H groups in total. The van der Waals surface area contributed by atoms with Crippen molar-refractivity contribution in [2.24, 2.45) is 10.2 Å². The average molecular weight is 268 g/mol. The van der Waals surface area contributed by atoms with E-state index in [1.54, 1.807) is 42.5 Å². The maximum Gasteiger partial charge on any atom is 0.335 e. The van der Waals surface area contributed by atoms with Gasteiger partial charge in [0.2, 0.25) is 0 Å². The zero-order valence-electron chi connectivity index (χ0n) is 10.6. The van der Waals surface area contributed by atoms with Crippen molar-refractivity contribution in [3.8, 4) is 11.5 Å². The van der Waals surface area contributed by atoms with Crippen LogP contribution in [-0.2, 0) is 4.79 Å². The van der Waals surface area contributed by atoms with Gasteiger partial charge >= 0.3 is 5.97 Å². The number of carbonyl (C=O) groups excluding carboxylic acids is 1. The van der Waals surface area contributed by atoms with Crippen LogP contribution in [0.5, 0.6) is 11.5 Å². The molecule has 5 nitrogen and oxygen atoms in total. The van der Waals surface area contributed by atoms with Gasteiger partial charge in [-0.3, -0.25) is 0 Å². The molecule has 0 spiro atoms. The van der Waals surface area contributed by atoms with E-state index in [0.29, 0.717) is 11.4 Å². The Balaban J connectivity index is 2.27. The summed E-state index contributed by atoms with van der Waals surface area (Å²) in [6.07, 6.45) is 1.07. The minimum absolute atomic E-state index is 0.0248. The fourth-order valence-corrected chi connectivity index (χ4v) is 1.43. The second kappa shape index (κ2) is 6.29. The third-order valence-electron chi connectivity index (χ3n) is 2.39. The maximum atomic E-state index is 11.2. The number of phenols is 1. The van der Waals surface area contributed by atoms with Crippen LogP contribution in [0.2, 0.25) is 0 Å². The molecule has 0 saturated carbocycles. The predicted molar refractivity (Wildman–Crippen MR) is 74.6 cm³/mol. The summed E-state index contributed by atoms with van der Waals surface area (Å²) in [7, 11) is 0. The van der Waals surface area contributed by atoms with Crippen molar-refractivity contribution in [3.63, 3.8) is 0 Å². The first kappa shape index (κ1) is 13.5. The summed E-state index contributed by atoms with van der Waals surface area (Å²) >= 11 is 0. The first-order valence-electron chi connectivity index (χ1n) is 5.83. The Morgan fingerprint density at radius 1 is 1.05 bits per heavy atom. The number of ether oxygens (including phenoxy) is 1. The Bertz CT molecular complexity index is 666. The topological polar surface area (TPSA) is 71.2 Å². The van der Waals surface area contributed by atoms with Crippen molar-refractivity contribution < 1.29 is 14.6 Å². The third kappa shape index (κ3) is 3.29. The lowest BCUT2D eigenvalue weighted by Gasteiger charge is -2.03. The van der Waals surface area contributed by atoms with Crippen LogP contribution in [0.4, 0.5) is 11.4 Å². The molecule has 100 valence electrons. The first-order valence-corrected chi connectivity index (χ1v) is 5.83. The van der Waals surface area contributed by atoms with E-state index in [-0.39, 0.29) is 11.5 Å². The van der Waals surface area contributed by atoms with Gasteiger partial charge in [-0.25, -0.2) is 4.79 Å². The third-order valence-corrected chi connectivity index (χ3v) is 2.39. The zero-order chi connectivity index (χ0) is 14.4. The summed E-state index contributed by atoms with van der Waals surface area (Å²) in [5, 5.41) is 17.5. The standard InChI is InChI=1S/C15H12N2O3/c1-2-15(19)20-14-10-6-4-8-12(14)17-16-11-7-3-5-9-13(11)18/h2-10,18H,1H2. The van der Waals surface area contributed by atoms with Crippen molar-refractivity contribution in [2.45, 2.75) is 0 Å². The van der Waals surface area contributed by atoms with Gasteiger partial charge in [0, 0.05) is 6.08 Å². The van der Waals surface area contributed by atoms with E-state index in [4.69, 9.17) is 4.74 Å². The monoisotopic (exact) mass is 268 g/mol. The highest BCUT2D eigenvalue weighted by atomic mass is 16.5. The van der Waals surface area contributed by atoms with Crippen LogP contribution >= 0.6 is 0 Å². The van der Waals surface area contributed by atoms with Gasteiger partial charge in [0.15, 0.2) is 5.75 Å². The van der Waals surface area contributed by atoms with Crippen LogP contribution in [0.15, 0.2) is 71.4 Å². The summed E-state index contributed by atoms with van der Waals surface area (Å²) in [6.45, 7) is 3.33. The Morgan fingerprint density at radius 3 is 2.35 bits per heavy atom. The highest BCUT2D eigenvalue weighted by molar-refractivity contribution is 5.84. The number of para-hydroxylation sites is 2. The minimum Gasteiger partial charge on any atom is -0.506 e. The van der Waals surface area contributed by atoms with E-state index >= 15 is 0 Å². The molecule has 0 heterocycles. The summed E-state index contributed by atoms with van der Waals surface area (Å²) in [5.41, 5.74) is 0.711. The minimum atomic E-state index is -0.574. The molecule has 2 rings (SSSR count). The lowest BCUT2D eigenvalue weighted by molar-refractivity contribution is -0.128. The van der Waals surface area contributed by atoms with Gasteiger partial charge in [-0.15, -0.1) is 10.2 Å². The molecule has 0 atom stereocenters. The van der Waals surface area contributed by atoms with E-state index in [2.05, 4.69) is 16.8 Å². The van der Waals surface area contributed by atoms with Crippen molar-refractivity contribution in [1.82, 2.24) is 0 Å². The number of aromatic hydroxyl groups is 1. The van der Waals surface area contributed by atoms with Gasteiger partial charge < -0.3 is 9.84 Å². The number of benzene rings is 2. The van der Waals surface area contributed by atoms with Gasteiger partial charge in [-0.05, 0) is 24.3 Å². The Kier molecular flexibility index (Phi) is 4.24. The molecule has 20 heavy (non-hydrogen) atoms. The number of azo groups is 1. The summed E-state index contributed by atoms with van der Waals surface area (Å²) in [5.74, 6) is -0.274. The van der Waals surface area contributed by atoms with E-state index in [9.17, 15) is 9.90 Å². The van der Waals surface area contributed by atoms with Gasteiger partial charge in [0.25, 0.3) is 0 Å². The molecule has 0 aliphatic carbocycles. The molecule has 0 fully saturated rings. The quantitative estimate of drug-likeness (QED) is 0.395. The highest BCUT2D eigenvalue weighted by Crippen LogP contribution is 2.31. The Labute approximate surface area is 115 Å². The highest BCUT2D eigenvalue weighted by Gasteiger charge is 2.06. The second-order valence-corrected chi connectivity index (χ2v) is 3.78. The Hall–Kier alpha value is -2.95. The molecule has 0 unspecified atom stereocenters. The molecule has 0 saturated heterocycles. The lowest BCUT2D eigenvalue weighted by Crippen LogP contribution is -2.02. The van der Waals surface area contributed by atoms with Crippen LogP contribution < -0.4 is 4.74 Å². The fraction of sp³-hybridized carbons (Fsp3) is 0. The second-order valence-electron chi connectivity index (χ2n) is 3.78. The summed E-state index contributed by atoms with van der Waals surface area (Å²) in [4.78, 5) is 11.2. The van der Waals surface area contributed by atoms with Crippen LogP contribution in [0.1, 0.15) is 0 Å². The molecular formula is C15H12N2O3. The predicted octanol–water partition coefficient (Wildman–Crippen LogP) is 3.90. The van der Waals surface area contributed by atoms with Crippen molar-refractivity contribution in [3.05, 3.63) is 61.2 Å². The average Bonchev–Trinajstić information content (AvgIpc) is 2.47. The van der Waals surface area contributed by atoms with Gasteiger partial charge in [-0.1, -0.05) is 30.8 Å². The number of carbonyl (C=O) groups is 1. The molecule has 2 aromatic rings. The number of esters is 1. The summed E-state index contributed by atoms with van der Waals surface area (Å²) in [6, 6.07) is 13.3. The van der Waals surface area contributed by atoms with Crippen molar-refractivity contribution in [2.75, 3.05) is 0 Å². The molecule has 0 aliphatic heterocycles. The van der Waals surface area contributed by atoms with Gasteiger partial charge in [0.05, 0.1) is 0 Å². The maximum absolute atomic E-state index is 11.2. The van der Waals surface area contributed by atoms with Crippen molar-refractivity contribution in [1.29, 1.82) is 0 Å². The number of rotatable bonds is 4. The van der Waals surface area contributed by atoms with Crippen LogP contribution in [0.25, 0.3) is 0 Å². The van der Waals surface area contributed by atoms with E-state index in [0.717, 1.165) is 6.08 Å². The molecule has 0 aromatic heterocycles. The van der Waals surface area contributed by atoms with Crippen LogP contribution in [-0.4, -0.2) is 11.1 Å². The number of nitrogens with zero attached hydrogens (tertiary/aromatic N) is 2. The normalized spacial score (nSPS) is 10.4. The molecule has 2 aromatic carbocycles. The van der Waals surface area contributed by atoms with E-state index in [1.807, 2.05) is 0 Å². The molecule has 0 bridgehead atoms. The molecule has 0 radical (unpaired) electrons. The zero-order valence-corrected chi connectivity index (χ0v) is 10.6. The Morgan fingerprint density at radius 2 is 1.65 bits per heavy atom.